The van der Waals surface area contributed by atoms with Crippen LogP contribution < -0.4 is 10.5 Å². The highest BCUT2D eigenvalue weighted by molar-refractivity contribution is 5.45. The largest absolute Gasteiger partial charge is 0.490 e. The molecule has 0 unspecified atom stereocenters. The first-order valence-electron chi connectivity index (χ1n) is 4.83. The Hall–Kier alpha value is -1.69. The van der Waals surface area contributed by atoms with Gasteiger partial charge in [0.1, 0.15) is 0 Å². The first-order chi connectivity index (χ1) is 7.56. The fraction of sp³-hybridized carbons (Fsp3) is 0.400. The Bertz CT molecular complexity index is 396. The molecule has 0 aliphatic heterocycles. The van der Waals surface area contributed by atoms with Gasteiger partial charge in [-0.25, -0.2) is 4.39 Å². The molecule has 2 N–H and O–H groups in total. The van der Waals surface area contributed by atoms with Crippen LogP contribution in [0.1, 0.15) is 12.0 Å². The zero-order valence-corrected chi connectivity index (χ0v) is 8.90. The average molecular weight is 228 g/mol. The van der Waals surface area contributed by atoms with E-state index in [0.29, 0.717) is 25.1 Å². The molecule has 1 rings (SSSR count). The van der Waals surface area contributed by atoms with Crippen LogP contribution in [0.25, 0.3) is 0 Å². The van der Waals surface area contributed by atoms with E-state index in [9.17, 15) is 14.5 Å². The highest BCUT2D eigenvalue weighted by Crippen LogP contribution is 2.26. The van der Waals surface area contributed by atoms with E-state index in [2.05, 4.69) is 0 Å². The summed E-state index contributed by atoms with van der Waals surface area (Å²) in [5.74, 6) is -0.703. The number of hydrogen-bond donors (Lipinski definition) is 1. The maximum absolute atomic E-state index is 13.4. The lowest BCUT2D eigenvalue weighted by Crippen LogP contribution is -2.07. The van der Waals surface area contributed by atoms with Crippen LogP contribution in [0.3, 0.4) is 0 Å². The molecule has 0 saturated heterocycles. The molecular formula is C10H13FN2O3. The molecule has 0 saturated carbocycles. The molecule has 0 spiro atoms. The first kappa shape index (κ1) is 12.4. The molecule has 0 radical (unpaired) electrons. The van der Waals surface area contributed by atoms with Gasteiger partial charge in [0, 0.05) is 5.56 Å². The number of benzene rings is 1. The number of aryl methyl sites for hydroxylation is 1. The molecule has 0 heterocycles. The molecule has 0 fully saturated rings. The molecule has 5 nitrogen and oxygen atoms in total. The zero-order chi connectivity index (χ0) is 12.1. The molecule has 1 aromatic rings. The molecule has 0 aliphatic rings. The minimum atomic E-state index is -0.727. The second kappa shape index (κ2) is 5.41. The Kier molecular flexibility index (Phi) is 4.19. The van der Waals surface area contributed by atoms with Crippen LogP contribution in [0, 0.1) is 22.9 Å². The zero-order valence-electron chi connectivity index (χ0n) is 8.90. The van der Waals surface area contributed by atoms with Crippen LogP contribution in [0.5, 0.6) is 5.75 Å². The van der Waals surface area contributed by atoms with E-state index in [0.717, 1.165) is 6.07 Å². The fourth-order valence-electron chi connectivity index (χ4n) is 1.22. The summed E-state index contributed by atoms with van der Waals surface area (Å²) >= 11 is 0. The van der Waals surface area contributed by atoms with Gasteiger partial charge in [-0.2, -0.15) is 0 Å². The van der Waals surface area contributed by atoms with Crippen molar-refractivity contribution in [2.75, 3.05) is 13.2 Å². The third kappa shape index (κ3) is 2.90. The predicted octanol–water partition coefficient (Wildman–Crippen LogP) is 1.77. The van der Waals surface area contributed by atoms with Gasteiger partial charge in [-0.1, -0.05) is 0 Å². The van der Waals surface area contributed by atoms with Crippen LogP contribution in [0.15, 0.2) is 12.1 Å². The van der Waals surface area contributed by atoms with Crippen molar-refractivity contribution in [2.24, 2.45) is 5.73 Å². The predicted molar refractivity (Wildman–Crippen MR) is 57.0 cm³/mol. The standard InChI is InChI=1S/C10H13FN2O3/c1-7-5-10(16-4-2-3-12)8(11)6-9(7)13(14)15/h5-6H,2-4,12H2,1H3. The molecule has 88 valence electrons. The van der Waals surface area contributed by atoms with Crippen LogP contribution in [-0.4, -0.2) is 18.1 Å². The van der Waals surface area contributed by atoms with E-state index < -0.39 is 10.7 Å². The third-order valence-electron chi connectivity index (χ3n) is 2.05. The van der Waals surface area contributed by atoms with E-state index >= 15 is 0 Å². The Morgan fingerprint density at radius 1 is 1.56 bits per heavy atom. The number of nitro groups is 1. The second-order valence-electron chi connectivity index (χ2n) is 3.32. The Balaban J connectivity index is 2.88. The fourth-order valence-corrected chi connectivity index (χ4v) is 1.22. The van der Waals surface area contributed by atoms with Crippen LogP contribution in [-0.2, 0) is 0 Å². The summed E-state index contributed by atoms with van der Waals surface area (Å²) in [6.45, 7) is 2.28. The Morgan fingerprint density at radius 3 is 2.81 bits per heavy atom. The lowest BCUT2D eigenvalue weighted by molar-refractivity contribution is -0.385. The number of hydrogen-bond acceptors (Lipinski definition) is 4. The Labute approximate surface area is 92.2 Å². The molecule has 0 atom stereocenters. The van der Waals surface area contributed by atoms with E-state index in [1.54, 1.807) is 0 Å². The quantitative estimate of drug-likeness (QED) is 0.473. The van der Waals surface area contributed by atoms with Crippen LogP contribution >= 0.6 is 0 Å². The lowest BCUT2D eigenvalue weighted by Gasteiger charge is -2.07. The number of nitro benzene ring substituents is 1. The van der Waals surface area contributed by atoms with Crippen molar-refractivity contribution in [1.29, 1.82) is 0 Å². The van der Waals surface area contributed by atoms with Gasteiger partial charge in [0.25, 0.3) is 5.69 Å². The lowest BCUT2D eigenvalue weighted by atomic mass is 10.2. The topological polar surface area (TPSA) is 78.4 Å². The van der Waals surface area contributed by atoms with Gasteiger partial charge >= 0.3 is 0 Å². The molecule has 0 aromatic heterocycles. The molecule has 0 amide bonds. The molecule has 16 heavy (non-hydrogen) atoms. The highest BCUT2D eigenvalue weighted by Gasteiger charge is 2.15. The molecule has 0 bridgehead atoms. The molecular weight excluding hydrogens is 215 g/mol. The summed E-state index contributed by atoms with van der Waals surface area (Å²) in [6, 6.07) is 2.19. The molecule has 0 aliphatic carbocycles. The molecule has 1 aromatic carbocycles. The summed E-state index contributed by atoms with van der Waals surface area (Å²) in [4.78, 5) is 9.90. The number of halogens is 1. The summed E-state index contributed by atoms with van der Waals surface area (Å²) in [5.41, 5.74) is 5.38. The van der Waals surface area contributed by atoms with Crippen molar-refractivity contribution in [3.8, 4) is 5.75 Å². The Morgan fingerprint density at radius 2 is 2.25 bits per heavy atom. The minimum Gasteiger partial charge on any atom is -0.490 e. The van der Waals surface area contributed by atoms with Crippen LogP contribution in [0.2, 0.25) is 0 Å². The number of nitrogens with two attached hydrogens (primary N) is 1. The van der Waals surface area contributed by atoms with E-state index in [4.69, 9.17) is 10.5 Å². The second-order valence-corrected chi connectivity index (χ2v) is 3.32. The van der Waals surface area contributed by atoms with Crippen molar-refractivity contribution in [3.05, 3.63) is 33.6 Å². The van der Waals surface area contributed by atoms with Gasteiger partial charge in [-0.15, -0.1) is 0 Å². The summed E-state index contributed by atoms with van der Waals surface area (Å²) < 4.78 is 18.5. The maximum Gasteiger partial charge on any atom is 0.275 e. The first-order valence-corrected chi connectivity index (χ1v) is 4.83. The van der Waals surface area contributed by atoms with Gasteiger partial charge in [0.2, 0.25) is 0 Å². The summed E-state index contributed by atoms with van der Waals surface area (Å²) in [7, 11) is 0. The highest BCUT2D eigenvalue weighted by atomic mass is 19.1. The summed E-state index contributed by atoms with van der Waals surface area (Å²) in [5, 5.41) is 10.5. The smallest absolute Gasteiger partial charge is 0.275 e. The SMILES string of the molecule is Cc1cc(OCCCN)c(F)cc1[N+](=O)[O-]. The van der Waals surface area contributed by atoms with Gasteiger partial charge in [0.15, 0.2) is 11.6 Å². The molecule has 6 heteroatoms. The average Bonchev–Trinajstić information content (AvgIpc) is 2.22. The van der Waals surface area contributed by atoms with Gasteiger partial charge in [-0.3, -0.25) is 10.1 Å². The normalized spacial score (nSPS) is 10.2. The van der Waals surface area contributed by atoms with Crippen molar-refractivity contribution >= 4 is 5.69 Å². The van der Waals surface area contributed by atoms with E-state index in [1.165, 1.54) is 13.0 Å². The summed E-state index contributed by atoms with van der Waals surface area (Å²) in [6.07, 6.45) is 0.607. The van der Waals surface area contributed by atoms with Gasteiger partial charge in [0.05, 0.1) is 17.6 Å². The minimum absolute atomic E-state index is 0.0246. The number of nitrogens with zero attached hydrogens (tertiary/aromatic N) is 1. The van der Waals surface area contributed by atoms with E-state index in [1.807, 2.05) is 0 Å². The third-order valence-corrected chi connectivity index (χ3v) is 2.05. The maximum atomic E-state index is 13.4. The van der Waals surface area contributed by atoms with Crippen molar-refractivity contribution in [1.82, 2.24) is 0 Å². The number of ether oxygens (including phenoxy) is 1. The van der Waals surface area contributed by atoms with Crippen molar-refractivity contribution < 1.29 is 14.1 Å². The number of rotatable bonds is 5. The van der Waals surface area contributed by atoms with Crippen molar-refractivity contribution in [3.63, 3.8) is 0 Å². The van der Waals surface area contributed by atoms with E-state index in [-0.39, 0.29) is 11.4 Å². The van der Waals surface area contributed by atoms with Gasteiger partial charge < -0.3 is 10.5 Å². The van der Waals surface area contributed by atoms with Crippen molar-refractivity contribution in [2.45, 2.75) is 13.3 Å². The van der Waals surface area contributed by atoms with Gasteiger partial charge in [-0.05, 0) is 26.0 Å². The van der Waals surface area contributed by atoms with Crippen LogP contribution in [0.4, 0.5) is 10.1 Å². The monoisotopic (exact) mass is 228 g/mol.